The lowest BCUT2D eigenvalue weighted by molar-refractivity contribution is -0.883. The number of carbonyl (C=O) groups excluding carboxylic acids is 17. The molecule has 5 saturated heterocycles. The van der Waals surface area contributed by atoms with Gasteiger partial charge in [0.25, 0.3) is 0 Å². The highest BCUT2D eigenvalue weighted by Crippen LogP contribution is 2.36. The molecule has 5 aliphatic rings. The van der Waals surface area contributed by atoms with Gasteiger partial charge in [0.05, 0.1) is 96.0 Å². The van der Waals surface area contributed by atoms with Gasteiger partial charge in [0.15, 0.2) is 123 Å². The Morgan fingerprint density at radius 1 is 0.284 bits per heavy atom. The van der Waals surface area contributed by atoms with Gasteiger partial charge in [-0.25, -0.2) is 4.79 Å². The molecule has 1 amide bonds. The molecule has 50 heteroatoms. The van der Waals surface area contributed by atoms with Crippen LogP contribution in [0.15, 0.2) is 0 Å². The quantitative estimate of drug-likeness (QED) is 0.0285. The molecule has 792 valence electrons. The lowest BCUT2D eigenvalue weighted by atomic mass is 9.96. The van der Waals surface area contributed by atoms with Gasteiger partial charge in [-0.2, -0.15) is 0 Å². The molecule has 0 aromatic rings. The van der Waals surface area contributed by atoms with Crippen molar-refractivity contribution in [2.45, 2.75) is 265 Å². The number of terminal acetylenes is 4. The average molecular weight is 2020 g/mol. The van der Waals surface area contributed by atoms with Crippen molar-refractivity contribution in [2.24, 2.45) is 0 Å². The number of likely N-dealkylation sites (N-methyl/N-ethyl adjacent to an activating group) is 4. The number of carbonyl (C=O) groups is 18. The molecule has 5 heterocycles. The Labute approximate surface area is 818 Å². The Morgan fingerprint density at radius 2 is 0.525 bits per heavy atom. The molecule has 0 unspecified atom stereocenters. The molecular weight excluding hydrogens is 1880 g/mol. The van der Waals surface area contributed by atoms with Gasteiger partial charge in [0.2, 0.25) is 5.91 Å². The fourth-order valence-electron chi connectivity index (χ4n) is 14.0. The van der Waals surface area contributed by atoms with Crippen molar-refractivity contribution in [1.29, 1.82) is 0 Å². The number of ether oxygens (including phenoxy) is 26. The van der Waals surface area contributed by atoms with Crippen LogP contribution in [-0.2, 0) is 209 Å². The molecule has 0 aliphatic carbocycles. The van der Waals surface area contributed by atoms with E-state index in [0.29, 0.717) is 70.3 Å². The van der Waals surface area contributed by atoms with E-state index in [4.69, 9.17) is 149 Å². The number of hydrogen-bond acceptors (Lipinski definition) is 44. The first-order chi connectivity index (χ1) is 65.5. The van der Waals surface area contributed by atoms with Crippen LogP contribution >= 0.6 is 0 Å². The van der Waals surface area contributed by atoms with E-state index in [2.05, 4.69) is 29.0 Å². The van der Waals surface area contributed by atoms with Gasteiger partial charge < -0.3 is 152 Å². The van der Waals surface area contributed by atoms with Crippen molar-refractivity contribution >= 4 is 107 Å². The Morgan fingerprint density at radius 3 is 0.830 bits per heavy atom. The fourth-order valence-corrected chi connectivity index (χ4v) is 14.0. The van der Waals surface area contributed by atoms with Crippen molar-refractivity contribution in [3.63, 3.8) is 0 Å². The smallest absolute Gasteiger partial charge is 0.337 e. The fraction of sp³-hybridized carbons (Fsp3) is 0.714. The number of amides is 1. The van der Waals surface area contributed by atoms with Gasteiger partial charge in [-0.05, 0) is 23.7 Å². The molecule has 0 aromatic heterocycles. The van der Waals surface area contributed by atoms with Crippen LogP contribution in [0.3, 0.4) is 0 Å². The molecule has 0 radical (unpaired) electrons. The first kappa shape index (κ1) is 125. The summed E-state index contributed by atoms with van der Waals surface area (Å²) < 4.78 is 145. The largest absolute Gasteiger partial charge is 0.479 e. The van der Waals surface area contributed by atoms with Crippen molar-refractivity contribution in [2.75, 3.05) is 162 Å². The second kappa shape index (κ2) is 60.4. The van der Waals surface area contributed by atoms with E-state index >= 15 is 0 Å². The minimum absolute atomic E-state index is 0.00933. The molecular formula is C91H137N5O45+4. The monoisotopic (exact) mass is 2020 g/mol. The lowest BCUT2D eigenvalue weighted by Gasteiger charge is -2.46. The zero-order chi connectivity index (χ0) is 107. The average Bonchev–Trinajstić information content (AvgIpc) is 1.52. The van der Waals surface area contributed by atoms with Crippen LogP contribution in [0.4, 0.5) is 0 Å². The lowest BCUT2D eigenvalue weighted by Crippen LogP contribution is -2.66. The number of carboxylic acid groups (broad SMARTS) is 1. The van der Waals surface area contributed by atoms with Crippen molar-refractivity contribution < 1.29 is 232 Å². The van der Waals surface area contributed by atoms with E-state index in [1.165, 1.54) is 48.5 Å². The highest BCUT2D eigenvalue weighted by Gasteiger charge is 2.59. The molecule has 5 aliphatic heterocycles. The van der Waals surface area contributed by atoms with Gasteiger partial charge in [0, 0.05) is 118 Å². The molecule has 2 N–H and O–H groups in total. The number of carboxylic acids is 1. The molecule has 24 atom stereocenters. The molecule has 0 spiro atoms. The minimum atomic E-state index is -1.72. The van der Waals surface area contributed by atoms with Crippen LogP contribution in [0.25, 0.3) is 0 Å². The van der Waals surface area contributed by atoms with Crippen molar-refractivity contribution in [3.8, 4) is 49.4 Å². The first-order valence-electron chi connectivity index (χ1n) is 44.0. The van der Waals surface area contributed by atoms with E-state index in [1.807, 2.05) is 56.4 Å². The second-order valence-corrected chi connectivity index (χ2v) is 34.9. The zero-order valence-electron chi connectivity index (χ0n) is 84.2. The molecule has 141 heavy (non-hydrogen) atoms. The predicted molar refractivity (Wildman–Crippen MR) is 473 cm³/mol. The van der Waals surface area contributed by atoms with Crippen LogP contribution in [0.1, 0.15) is 118 Å². The summed E-state index contributed by atoms with van der Waals surface area (Å²) in [5, 5.41) is 12.2. The van der Waals surface area contributed by atoms with Gasteiger partial charge in [0.1, 0.15) is 89.9 Å². The number of esters is 16. The number of hydrogen-bond donors (Lipinski definition) is 2. The predicted octanol–water partition coefficient (Wildman–Crippen LogP) is -2.12. The Balaban J connectivity index is 0.000000661. The van der Waals surface area contributed by atoms with Crippen molar-refractivity contribution in [1.82, 2.24) is 5.32 Å². The van der Waals surface area contributed by atoms with Crippen LogP contribution < -0.4 is 5.32 Å². The molecule has 5 fully saturated rings. The Kier molecular flexibility index (Phi) is 53.7. The summed E-state index contributed by atoms with van der Waals surface area (Å²) in [6, 6.07) is -0.988. The van der Waals surface area contributed by atoms with Gasteiger partial charge in [-0.1, -0.05) is 0 Å². The standard InChI is InChI=1S/C33H48NO18.C21H32N2O9.C19H27NO10.C18H28NO8/c1-11-12-34(9,10)13-14-42-32-30(49-22(7)40)28(47-20(5)38)27(46-19(4)37)25(51-32)16-44-33-31(50-23(8)41)29(48-21(6)39)26(45-18(3)36)24(52-33)15-43-17(2)35;1-8-9-23(6,7)10-11-28-21-18(22-13(2)24)20(31-16(5)27)19(30-15(4)26)17(32-21)12-29-14(3)25;1-7-8-20(5,6)9-10-26-19-17(29-13(4)23)15(28-12(3)22)14(27-11(2)21)16(30-19)18(24)25;1-7-8-19(5,6)9-10-23-18-17(27-14(4)22)16(26-13(3)21)15(11-24-18)25-12(2)20/h1,24-33H,12-16H2,2-10H3;1,17-21H,9-12H2,2-7H3;1,14-17,19H,8-10H2,2-6H3;1,15-18H,8-11H2,2-6H3/q+1;;;+1/p+2/t24-,25-,26+,27-,28+,29+,30-,31-,32-,33+;17-,18-,19-,20-,21-;14-,15-,16-,17+,19+;15-,16-,17+,18-/m1100/s1. The molecule has 0 aromatic carbocycles. The first-order valence-corrected chi connectivity index (χ1v) is 44.0. The summed E-state index contributed by atoms with van der Waals surface area (Å²) in [7, 11) is 15.2. The third-order valence-electron chi connectivity index (χ3n) is 19.9. The number of rotatable bonds is 43. The summed E-state index contributed by atoms with van der Waals surface area (Å²) in [6.07, 6.45) is -9.04. The zero-order valence-corrected chi connectivity index (χ0v) is 84.2. The van der Waals surface area contributed by atoms with E-state index in [-0.39, 0.29) is 39.6 Å². The van der Waals surface area contributed by atoms with Crippen LogP contribution in [0.2, 0.25) is 0 Å². The number of aliphatic carboxylic acids is 1. The van der Waals surface area contributed by atoms with E-state index in [9.17, 15) is 91.4 Å². The van der Waals surface area contributed by atoms with Crippen LogP contribution in [-0.4, -0.2) is 439 Å². The summed E-state index contributed by atoms with van der Waals surface area (Å²) >= 11 is 0. The topological polar surface area (TPSA) is 580 Å². The number of nitrogens with zero attached hydrogens (tertiary/aromatic N) is 4. The third kappa shape index (κ3) is 47.1. The van der Waals surface area contributed by atoms with Crippen LogP contribution in [0.5, 0.6) is 0 Å². The van der Waals surface area contributed by atoms with E-state index in [0.717, 1.165) is 69.2 Å². The van der Waals surface area contributed by atoms with Crippen molar-refractivity contribution in [3.05, 3.63) is 0 Å². The molecule has 5 rings (SSSR count). The summed E-state index contributed by atoms with van der Waals surface area (Å²) in [6.45, 7) is 22.1. The maximum absolute atomic E-state index is 12.3. The highest BCUT2D eigenvalue weighted by atomic mass is 16.8. The van der Waals surface area contributed by atoms with Gasteiger partial charge in [-0.3, -0.25) is 81.5 Å². The Bertz CT molecular complexity index is 4410. The second-order valence-electron chi connectivity index (χ2n) is 34.9. The van der Waals surface area contributed by atoms with E-state index < -0.39 is 268 Å². The summed E-state index contributed by atoms with van der Waals surface area (Å²) in [4.78, 5) is 213. The number of quaternary nitrogens is 4. The minimum Gasteiger partial charge on any atom is -0.479 e. The summed E-state index contributed by atoms with van der Waals surface area (Å²) in [5.41, 5.74) is 0. The van der Waals surface area contributed by atoms with Gasteiger partial charge in [-0.15, -0.1) is 25.7 Å². The SMILES string of the molecule is C#CC[N+](C)(C)CCO[C@@H]1O[C@H](C(=O)O)[C@@H](OC(C)=O)[C@H](OC(C)=O)[C@H]1OC(C)=O.C#CC[N+](C)(C)CCO[C@@H]1O[C@H](COC(C)=O)[C@@H](OC(C)=O)[C@H](OC(C)=O)[C@H]1NC(C)=O.C#CC[N+](C)(C)CCO[C@@H]1O[C@H](CO[C@H]2O[C@H](COC(C)=O)[C@H](OC(C)=O)[C@H](OC(C)=O)[C@H]2OC(C)=O)[C@@H](OC(C)=O)[C@H](OC(C)=O)[C@H]1OC(C)=O.C#CC[N+](C)(C)CCO[C@H]1OC[C@H](OC(C)=O)[C@H](OC(C)=O)[C@H]1OC(C)=O. The molecule has 50 nitrogen and oxygen atoms in total. The highest BCUT2D eigenvalue weighted by molar-refractivity contribution is 5.77. The maximum atomic E-state index is 12.3. The molecule has 0 bridgehead atoms. The number of nitrogens with one attached hydrogen (secondary N) is 1. The summed E-state index contributed by atoms with van der Waals surface area (Å²) in [5.74, 6) is -3.45. The van der Waals surface area contributed by atoms with Crippen LogP contribution in [0, 0.1) is 49.4 Å². The maximum Gasteiger partial charge on any atom is 0.337 e. The Hall–Kier alpha value is -11.9. The van der Waals surface area contributed by atoms with Gasteiger partial charge >= 0.3 is 101 Å². The normalized spacial score (nSPS) is 26.7. The van der Waals surface area contributed by atoms with E-state index in [1.54, 1.807) is 0 Å². The molecule has 0 saturated carbocycles. The third-order valence-corrected chi connectivity index (χ3v) is 19.9.